The van der Waals surface area contributed by atoms with E-state index in [0.29, 0.717) is 12.2 Å². The molecule has 0 aromatic rings. The van der Waals surface area contributed by atoms with Crippen LogP contribution in [0.5, 0.6) is 0 Å². The van der Waals surface area contributed by atoms with Crippen molar-refractivity contribution in [3.63, 3.8) is 0 Å². The predicted octanol–water partition coefficient (Wildman–Crippen LogP) is 2.24. The molecule has 10 heavy (non-hydrogen) atoms. The molecule has 0 saturated carbocycles. The van der Waals surface area contributed by atoms with Crippen molar-refractivity contribution in [2.45, 2.75) is 26.2 Å². The molecule has 0 saturated heterocycles. The molecule has 0 atom stereocenters. The highest BCUT2D eigenvalue weighted by atomic mass is 16.1. The lowest BCUT2D eigenvalue weighted by Crippen LogP contribution is -1.91. The first-order chi connectivity index (χ1) is 4.84. The Bertz CT molecular complexity index is 187. The Hall–Kier alpha value is -0.850. The smallest absolute Gasteiger partial charge is 0.162 e. The Morgan fingerprint density at radius 2 is 2.50 bits per heavy atom. The van der Waals surface area contributed by atoms with Gasteiger partial charge in [-0.25, -0.2) is 0 Å². The van der Waals surface area contributed by atoms with E-state index >= 15 is 0 Å². The van der Waals surface area contributed by atoms with Gasteiger partial charge in [-0.1, -0.05) is 25.2 Å². The Balaban J connectivity index is 2.55. The largest absolute Gasteiger partial charge is 0.294 e. The molecule has 1 nitrogen and oxygen atoms in total. The van der Waals surface area contributed by atoms with Crippen LogP contribution in [-0.2, 0) is 4.79 Å². The van der Waals surface area contributed by atoms with E-state index < -0.39 is 0 Å². The zero-order valence-corrected chi connectivity index (χ0v) is 6.26. The molecule has 0 fully saturated rings. The molecule has 0 heterocycles. The summed E-state index contributed by atoms with van der Waals surface area (Å²) in [5, 5.41) is 0. The summed E-state index contributed by atoms with van der Waals surface area (Å²) in [5.74, 6) is 0.296. The van der Waals surface area contributed by atoms with Crippen molar-refractivity contribution in [3.05, 3.63) is 23.8 Å². The molecule has 1 aliphatic carbocycles. The number of Topliss-reactive ketones (excluding diaryl/α,β-unsaturated/α-hetero) is 1. The van der Waals surface area contributed by atoms with Crippen molar-refractivity contribution in [2.24, 2.45) is 0 Å². The van der Waals surface area contributed by atoms with Gasteiger partial charge in [0.05, 0.1) is 0 Å². The number of ketones is 1. The maximum atomic E-state index is 11.0. The lowest BCUT2D eigenvalue weighted by molar-refractivity contribution is -0.114. The normalized spacial score (nSPS) is 18.5. The van der Waals surface area contributed by atoms with Gasteiger partial charge in [-0.05, 0) is 12.8 Å². The fourth-order valence-corrected chi connectivity index (χ4v) is 1.02. The lowest BCUT2D eigenvalue weighted by Gasteiger charge is -1.87. The molecule has 0 aromatic carbocycles. The Morgan fingerprint density at radius 3 is 3.00 bits per heavy atom. The SMILES string of the molecule is CC/C=C\C1=CCCC1=O. The van der Waals surface area contributed by atoms with Gasteiger partial charge >= 0.3 is 0 Å². The van der Waals surface area contributed by atoms with Gasteiger partial charge in [0.25, 0.3) is 0 Å². The van der Waals surface area contributed by atoms with Crippen molar-refractivity contribution in [1.82, 2.24) is 0 Å². The topological polar surface area (TPSA) is 17.1 Å². The number of hydrogen-bond acceptors (Lipinski definition) is 1. The summed E-state index contributed by atoms with van der Waals surface area (Å²) in [4.78, 5) is 11.0. The van der Waals surface area contributed by atoms with Crippen LogP contribution in [0.25, 0.3) is 0 Å². The molecular formula is C9H12O. The van der Waals surface area contributed by atoms with E-state index in [0.717, 1.165) is 18.4 Å². The highest BCUT2D eigenvalue weighted by Gasteiger charge is 2.10. The first-order valence-corrected chi connectivity index (χ1v) is 3.74. The van der Waals surface area contributed by atoms with Gasteiger partial charge in [-0.2, -0.15) is 0 Å². The summed E-state index contributed by atoms with van der Waals surface area (Å²) in [5.41, 5.74) is 0.904. The van der Waals surface area contributed by atoms with Gasteiger partial charge in [-0.3, -0.25) is 4.79 Å². The average molecular weight is 136 g/mol. The molecule has 1 aliphatic rings. The first kappa shape index (κ1) is 7.26. The number of carbonyl (C=O) groups is 1. The quantitative estimate of drug-likeness (QED) is 0.569. The molecule has 0 radical (unpaired) electrons. The summed E-state index contributed by atoms with van der Waals surface area (Å²) in [6.45, 7) is 2.07. The highest BCUT2D eigenvalue weighted by Crippen LogP contribution is 2.14. The van der Waals surface area contributed by atoms with E-state index in [2.05, 4.69) is 6.92 Å². The fourth-order valence-electron chi connectivity index (χ4n) is 1.02. The van der Waals surface area contributed by atoms with Crippen LogP contribution < -0.4 is 0 Å². The molecule has 0 N–H and O–H groups in total. The third-order valence-corrected chi connectivity index (χ3v) is 1.59. The highest BCUT2D eigenvalue weighted by molar-refractivity contribution is 6.00. The van der Waals surface area contributed by atoms with Crippen LogP contribution in [0.3, 0.4) is 0 Å². The fraction of sp³-hybridized carbons (Fsp3) is 0.444. The van der Waals surface area contributed by atoms with Gasteiger partial charge in [0, 0.05) is 12.0 Å². The van der Waals surface area contributed by atoms with Crippen LogP contribution in [0, 0.1) is 0 Å². The van der Waals surface area contributed by atoms with Gasteiger partial charge in [0.1, 0.15) is 0 Å². The number of rotatable bonds is 2. The predicted molar refractivity (Wildman–Crippen MR) is 41.8 cm³/mol. The van der Waals surface area contributed by atoms with Gasteiger partial charge < -0.3 is 0 Å². The van der Waals surface area contributed by atoms with Crippen molar-refractivity contribution in [2.75, 3.05) is 0 Å². The van der Waals surface area contributed by atoms with Crippen LogP contribution in [0.1, 0.15) is 26.2 Å². The summed E-state index contributed by atoms with van der Waals surface area (Å²) < 4.78 is 0. The van der Waals surface area contributed by atoms with E-state index in [-0.39, 0.29) is 0 Å². The molecular weight excluding hydrogens is 124 g/mol. The van der Waals surface area contributed by atoms with E-state index in [4.69, 9.17) is 0 Å². The summed E-state index contributed by atoms with van der Waals surface area (Å²) in [7, 11) is 0. The third-order valence-electron chi connectivity index (χ3n) is 1.59. The van der Waals surface area contributed by atoms with Gasteiger partial charge in [0.15, 0.2) is 5.78 Å². The minimum atomic E-state index is 0.296. The average Bonchev–Trinajstić information content (AvgIpc) is 2.31. The molecule has 0 spiro atoms. The molecule has 0 unspecified atom stereocenters. The number of allylic oxidation sites excluding steroid dienone is 4. The zero-order valence-electron chi connectivity index (χ0n) is 6.26. The first-order valence-electron chi connectivity index (χ1n) is 3.74. The second-order valence-electron chi connectivity index (χ2n) is 2.43. The molecule has 0 aromatic heterocycles. The van der Waals surface area contributed by atoms with E-state index in [1.54, 1.807) is 0 Å². The molecule has 0 bridgehead atoms. The maximum absolute atomic E-state index is 11.0. The van der Waals surface area contributed by atoms with Crippen LogP contribution >= 0.6 is 0 Å². The van der Waals surface area contributed by atoms with Gasteiger partial charge in [0.2, 0.25) is 0 Å². The standard InChI is InChI=1S/C9H12O/c1-2-3-5-8-6-4-7-9(8)10/h3,5-6H,2,4,7H2,1H3/b5-3-. The Morgan fingerprint density at radius 1 is 1.70 bits per heavy atom. The van der Waals surface area contributed by atoms with E-state index in [1.807, 2.05) is 18.2 Å². The van der Waals surface area contributed by atoms with Gasteiger partial charge in [-0.15, -0.1) is 0 Å². The number of carbonyl (C=O) groups excluding carboxylic acids is 1. The van der Waals surface area contributed by atoms with Crippen molar-refractivity contribution < 1.29 is 4.79 Å². The zero-order chi connectivity index (χ0) is 7.40. The molecule has 0 amide bonds. The molecule has 1 rings (SSSR count). The summed E-state index contributed by atoms with van der Waals surface area (Å²) in [6.07, 6.45) is 8.61. The second kappa shape index (κ2) is 3.35. The molecule has 54 valence electrons. The van der Waals surface area contributed by atoms with Crippen LogP contribution in [0.4, 0.5) is 0 Å². The Kier molecular flexibility index (Phi) is 2.43. The Labute approximate surface area is 61.4 Å². The lowest BCUT2D eigenvalue weighted by atomic mass is 10.2. The number of hydrogen-bond donors (Lipinski definition) is 0. The molecule has 1 heteroatoms. The summed E-state index contributed by atoms with van der Waals surface area (Å²) >= 11 is 0. The minimum Gasteiger partial charge on any atom is -0.294 e. The maximum Gasteiger partial charge on any atom is 0.162 e. The van der Waals surface area contributed by atoms with Crippen molar-refractivity contribution >= 4 is 5.78 Å². The van der Waals surface area contributed by atoms with Crippen LogP contribution in [0.15, 0.2) is 23.8 Å². The van der Waals surface area contributed by atoms with Crippen molar-refractivity contribution in [3.8, 4) is 0 Å². The molecule has 0 aliphatic heterocycles. The van der Waals surface area contributed by atoms with Crippen molar-refractivity contribution in [1.29, 1.82) is 0 Å². The van der Waals surface area contributed by atoms with E-state index in [1.165, 1.54) is 0 Å². The third kappa shape index (κ3) is 1.56. The monoisotopic (exact) mass is 136 g/mol. The van der Waals surface area contributed by atoms with Crippen LogP contribution in [0.2, 0.25) is 0 Å². The van der Waals surface area contributed by atoms with E-state index in [9.17, 15) is 4.79 Å². The minimum absolute atomic E-state index is 0.296. The second-order valence-corrected chi connectivity index (χ2v) is 2.43. The van der Waals surface area contributed by atoms with Crippen LogP contribution in [-0.4, -0.2) is 5.78 Å². The summed E-state index contributed by atoms with van der Waals surface area (Å²) in [6, 6.07) is 0.